The van der Waals surface area contributed by atoms with Gasteiger partial charge >= 0.3 is 0 Å². The van der Waals surface area contributed by atoms with Crippen LogP contribution < -0.4 is 0 Å². The number of nitrogens with zero attached hydrogens (tertiary/aromatic N) is 12. The zero-order chi connectivity index (χ0) is 86.9. The minimum atomic E-state index is 0. The molecule has 0 atom stereocenters. The fourth-order valence-electron chi connectivity index (χ4n) is 7.10. The van der Waals surface area contributed by atoms with Gasteiger partial charge in [-0.05, 0) is 166 Å². The maximum atomic E-state index is 4.18. The van der Waals surface area contributed by atoms with Crippen LogP contribution in [0.5, 0.6) is 0 Å². The smallest absolute Gasteiger partial charge is 0.115 e. The third kappa shape index (κ3) is 80.7. The first-order valence-corrected chi connectivity index (χ1v) is 41.8. The summed E-state index contributed by atoms with van der Waals surface area (Å²) in [5.41, 5.74) is 12.3. The van der Waals surface area contributed by atoms with E-state index in [0.29, 0.717) is 59.2 Å². The van der Waals surface area contributed by atoms with E-state index in [1.807, 2.05) is 304 Å². The number of rotatable bonds is 10. The van der Waals surface area contributed by atoms with Gasteiger partial charge in [-0.1, -0.05) is 339 Å². The number of pyridine rings is 6. The van der Waals surface area contributed by atoms with Gasteiger partial charge in [-0.15, -0.1) is 0 Å². The molecule has 0 N–H and O–H groups in total. The van der Waals surface area contributed by atoms with E-state index in [1.54, 1.807) is 37.6 Å². The van der Waals surface area contributed by atoms with Gasteiger partial charge in [-0.25, -0.2) is 29.9 Å². The molecule has 9 aromatic heterocycles. The SMILES string of the molecule is C.CC.CC.CC.CC.CC.CC.CC.CC.CC.CC.CC(C)c1ccccc1.CC(C)c1ccccn1.CC(C)c1ccccn1.CC(C)c1ccccn1.CC(C)c1cccnc1.CC(C)c1ccncc1.CC(C)c1ccncc1.CC(C)c1ccncn1.CC(C)c1ccncn1.CC(C)c1cncnc1. The minimum Gasteiger partial charge on any atom is -0.265 e. The Bertz CT molecular complexity index is 2400. The van der Waals surface area contributed by atoms with E-state index >= 15 is 0 Å². The second-order valence-electron chi connectivity index (χ2n) is 24.0. The lowest BCUT2D eigenvalue weighted by molar-refractivity contribution is 0.814. The standard InChI is InChI=1S/C9H12.6C8H11N.3C7H10N2.10C2H6.CH4/c1-8(2)9-6-4-3-5-7-9;2*1-7(2)8-3-5-9-6-4-8;1-7(2)8-4-3-5-9-6-8;3*1-7(2)8-5-3-4-6-9-8;1-6(2)7-3-8-5-9-4-7;2*1-6(2)7-3-4-8-5-9-7;10*1-2;/h3-8H,1-2H3;6*3-7H,1-2H3;3*3-6H,1-2H3;10*1-2H3;1H4. The summed E-state index contributed by atoms with van der Waals surface area (Å²) in [6, 6.07) is 44.6. The maximum absolute atomic E-state index is 4.18. The second-order valence-corrected chi connectivity index (χ2v) is 24.0. The van der Waals surface area contributed by atoms with Crippen LogP contribution in [0.1, 0.15) is 400 Å². The highest BCUT2D eigenvalue weighted by atomic mass is 14.8. The number of hydrogen-bond donors (Lipinski definition) is 0. The molecule has 0 bridgehead atoms. The summed E-state index contributed by atoms with van der Waals surface area (Å²) >= 11 is 0. The quantitative estimate of drug-likeness (QED) is 0.128. The van der Waals surface area contributed by atoms with Crippen molar-refractivity contribution < 1.29 is 0 Å². The highest BCUT2D eigenvalue weighted by molar-refractivity contribution is 5.18. The Morgan fingerprint density at radius 2 is 0.396 bits per heavy atom. The van der Waals surface area contributed by atoms with Crippen LogP contribution in [0.4, 0.5) is 0 Å². The van der Waals surface area contributed by atoms with Crippen LogP contribution in [-0.4, -0.2) is 59.8 Å². The molecule has 10 aromatic rings. The van der Waals surface area contributed by atoms with Gasteiger partial charge in [0.2, 0.25) is 0 Å². The van der Waals surface area contributed by atoms with E-state index in [-0.39, 0.29) is 7.43 Å². The number of aromatic nitrogens is 12. The first-order valence-electron chi connectivity index (χ1n) is 41.8. The molecule has 0 radical (unpaired) electrons. The predicted molar refractivity (Wildman–Crippen MR) is 499 cm³/mol. The fraction of sp³-hybridized carbons (Fsp3) is 0.515. The second kappa shape index (κ2) is 99.4. The van der Waals surface area contributed by atoms with Crippen LogP contribution in [0.2, 0.25) is 0 Å². The molecule has 1 aromatic carbocycles. The summed E-state index contributed by atoms with van der Waals surface area (Å²) < 4.78 is 0. The Morgan fingerprint density at radius 1 is 0.162 bits per heavy atom. The monoisotopic (exact) mass is 1530 g/mol. The van der Waals surface area contributed by atoms with Crippen LogP contribution >= 0.6 is 0 Å². The predicted octanol–water partition coefficient (Wildman–Crippen LogP) is 31.7. The summed E-state index contributed by atoms with van der Waals surface area (Å²) in [6.07, 6.45) is 28.4. The third-order valence-electron chi connectivity index (χ3n) is 13.0. The Morgan fingerprint density at radius 3 is 0.559 bits per heavy atom. The average Bonchev–Trinajstić information content (AvgIpc) is 1.12. The molecule has 0 aliphatic carbocycles. The molecular weight excluding hydrogens is 1360 g/mol. The molecule has 0 saturated heterocycles. The van der Waals surface area contributed by atoms with Gasteiger partial charge < -0.3 is 0 Å². The van der Waals surface area contributed by atoms with Crippen LogP contribution in [0, 0.1) is 0 Å². The molecule has 0 unspecified atom stereocenters. The van der Waals surface area contributed by atoms with E-state index in [1.165, 1.54) is 27.8 Å². The van der Waals surface area contributed by atoms with Crippen molar-refractivity contribution in [3.05, 3.63) is 289 Å². The normalized spacial score (nSPS) is 8.74. The first-order chi connectivity index (χ1) is 53.0. The van der Waals surface area contributed by atoms with E-state index in [9.17, 15) is 0 Å². The summed E-state index contributed by atoms with van der Waals surface area (Å²) in [7, 11) is 0. The van der Waals surface area contributed by atoms with Gasteiger partial charge in [0.25, 0.3) is 0 Å². The van der Waals surface area contributed by atoms with Crippen molar-refractivity contribution in [2.24, 2.45) is 0 Å². The highest BCUT2D eigenvalue weighted by Gasteiger charge is 2.01. The van der Waals surface area contributed by atoms with E-state index in [0.717, 1.165) is 28.5 Å². The number of benzene rings is 1. The molecule has 9 heterocycles. The molecule has 12 nitrogen and oxygen atoms in total. The van der Waals surface area contributed by atoms with Crippen molar-refractivity contribution in [2.45, 2.75) is 344 Å². The van der Waals surface area contributed by atoms with Gasteiger partial charge in [0, 0.05) is 109 Å². The van der Waals surface area contributed by atoms with Crippen molar-refractivity contribution in [3.8, 4) is 0 Å². The van der Waals surface area contributed by atoms with Gasteiger partial charge in [0.15, 0.2) is 0 Å². The van der Waals surface area contributed by atoms with Crippen molar-refractivity contribution in [1.82, 2.24) is 59.8 Å². The lowest BCUT2D eigenvalue weighted by atomic mass is 10.0. The zero-order valence-corrected chi connectivity index (χ0v) is 78.1. The lowest BCUT2D eigenvalue weighted by Crippen LogP contribution is -1.90. The van der Waals surface area contributed by atoms with Gasteiger partial charge in [-0.2, -0.15) is 0 Å². The van der Waals surface area contributed by atoms with Crippen molar-refractivity contribution >= 4 is 0 Å². The molecule has 10 rings (SSSR count). The van der Waals surface area contributed by atoms with E-state index < -0.39 is 0 Å². The Balaban J connectivity index is -0.000000108. The average molecular weight is 1530 g/mol. The molecule has 111 heavy (non-hydrogen) atoms. The highest BCUT2D eigenvalue weighted by Crippen LogP contribution is 2.16. The molecule has 0 aliphatic heterocycles. The van der Waals surface area contributed by atoms with Crippen molar-refractivity contribution in [1.29, 1.82) is 0 Å². The third-order valence-corrected chi connectivity index (χ3v) is 13.0. The van der Waals surface area contributed by atoms with Gasteiger partial charge in [0.1, 0.15) is 19.0 Å². The molecule has 12 heteroatoms. The summed E-state index contributed by atoms with van der Waals surface area (Å²) in [6.45, 7) is 83.0. The van der Waals surface area contributed by atoms with Crippen molar-refractivity contribution in [2.75, 3.05) is 0 Å². The Labute approximate surface area is 688 Å². The van der Waals surface area contributed by atoms with Crippen LogP contribution in [-0.2, 0) is 0 Å². The summed E-state index contributed by atoms with van der Waals surface area (Å²) in [5.74, 6) is 5.68. The molecule has 0 saturated carbocycles. The molecule has 0 aliphatic rings. The van der Waals surface area contributed by atoms with Gasteiger partial charge in [0.05, 0.1) is 0 Å². The van der Waals surface area contributed by atoms with Crippen LogP contribution in [0.15, 0.2) is 233 Å². The summed E-state index contributed by atoms with van der Waals surface area (Å²) in [5, 5.41) is 0. The van der Waals surface area contributed by atoms with Crippen molar-refractivity contribution in [3.63, 3.8) is 0 Å². The topological polar surface area (TPSA) is 155 Å². The molecule has 628 valence electrons. The fourth-order valence-corrected chi connectivity index (χ4v) is 7.10. The Hall–Kier alpha value is -8.64. The first kappa shape index (κ1) is 126. The van der Waals surface area contributed by atoms with Crippen LogP contribution in [0.3, 0.4) is 0 Å². The molecule has 0 amide bonds. The largest absolute Gasteiger partial charge is 0.265 e. The maximum Gasteiger partial charge on any atom is 0.115 e. The minimum absolute atomic E-state index is 0. The molecular formula is C99H172N12. The zero-order valence-electron chi connectivity index (χ0n) is 78.1. The molecule has 0 spiro atoms. The lowest BCUT2D eigenvalue weighted by Gasteiger charge is -2.01. The van der Waals surface area contributed by atoms with Crippen LogP contribution in [0.25, 0.3) is 0 Å². The van der Waals surface area contributed by atoms with Gasteiger partial charge in [-0.3, -0.25) is 29.9 Å². The molecule has 0 fully saturated rings. The van der Waals surface area contributed by atoms with E-state index in [4.69, 9.17) is 0 Å². The number of hydrogen-bond acceptors (Lipinski definition) is 12. The Kier molecular flexibility index (Phi) is 113. The summed E-state index contributed by atoms with van der Waals surface area (Å²) in [4.78, 5) is 48.0. The van der Waals surface area contributed by atoms with E-state index in [2.05, 4.69) is 229 Å².